The number of likely N-dealkylation sites (tertiary alicyclic amines) is 1. The highest BCUT2D eigenvalue weighted by Crippen LogP contribution is 2.06. The molecule has 86 valence electrons. The predicted octanol–water partition coefficient (Wildman–Crippen LogP) is -0.554. The predicted molar refractivity (Wildman–Crippen MR) is 56.2 cm³/mol. The van der Waals surface area contributed by atoms with E-state index < -0.39 is 0 Å². The first-order valence-corrected chi connectivity index (χ1v) is 5.70. The fourth-order valence-electron chi connectivity index (χ4n) is 1.98. The number of rotatable bonds is 3. The molecule has 0 aromatic carbocycles. The van der Waals surface area contributed by atoms with Crippen molar-refractivity contribution in [2.75, 3.05) is 45.9 Å². The molecule has 15 heavy (non-hydrogen) atoms. The zero-order valence-electron chi connectivity index (χ0n) is 9.07. The second-order valence-electron chi connectivity index (χ2n) is 4.02. The molecule has 2 heterocycles. The van der Waals surface area contributed by atoms with Gasteiger partial charge in [0.15, 0.2) is 0 Å². The summed E-state index contributed by atoms with van der Waals surface area (Å²) in [5, 5.41) is 2.07. The maximum atomic E-state index is 11.7. The van der Waals surface area contributed by atoms with Gasteiger partial charge in [0.25, 0.3) is 0 Å². The lowest BCUT2D eigenvalue weighted by Crippen LogP contribution is -2.49. The lowest BCUT2D eigenvalue weighted by molar-refractivity contribution is -0.130. The lowest BCUT2D eigenvalue weighted by atomic mass is 10.4. The third kappa shape index (κ3) is 3.15. The van der Waals surface area contributed by atoms with Gasteiger partial charge in [-0.05, 0) is 12.8 Å². The van der Waals surface area contributed by atoms with E-state index >= 15 is 0 Å². The first-order chi connectivity index (χ1) is 7.36. The van der Waals surface area contributed by atoms with Crippen LogP contribution in [0.5, 0.6) is 0 Å². The van der Waals surface area contributed by atoms with Gasteiger partial charge in [0.05, 0.1) is 19.8 Å². The van der Waals surface area contributed by atoms with Gasteiger partial charge in [-0.25, -0.2) is 10.4 Å². The van der Waals surface area contributed by atoms with Crippen LogP contribution in [0.3, 0.4) is 0 Å². The third-order valence-corrected chi connectivity index (χ3v) is 2.92. The van der Waals surface area contributed by atoms with Gasteiger partial charge in [0.2, 0.25) is 5.91 Å². The Balaban J connectivity index is 1.65. The van der Waals surface area contributed by atoms with Gasteiger partial charge < -0.3 is 9.64 Å². The molecule has 0 unspecified atom stereocenters. The van der Waals surface area contributed by atoms with E-state index in [2.05, 4.69) is 10.4 Å². The number of carbonyl (C=O) groups is 1. The number of amides is 1. The van der Waals surface area contributed by atoms with Crippen LogP contribution in [0.25, 0.3) is 0 Å². The molecule has 0 atom stereocenters. The molecule has 0 spiro atoms. The highest BCUT2D eigenvalue weighted by atomic mass is 16.5. The molecule has 0 saturated carbocycles. The zero-order valence-corrected chi connectivity index (χ0v) is 9.07. The number of morpholine rings is 1. The van der Waals surface area contributed by atoms with Gasteiger partial charge >= 0.3 is 0 Å². The van der Waals surface area contributed by atoms with E-state index in [4.69, 9.17) is 4.74 Å². The van der Waals surface area contributed by atoms with Crippen molar-refractivity contribution < 1.29 is 9.53 Å². The summed E-state index contributed by atoms with van der Waals surface area (Å²) in [4.78, 5) is 13.6. The summed E-state index contributed by atoms with van der Waals surface area (Å²) in [5.74, 6) is 0.221. The SMILES string of the molecule is O=C(CNN1CCOCC1)N1CCCC1. The van der Waals surface area contributed by atoms with E-state index in [9.17, 15) is 4.79 Å². The fraction of sp³-hybridized carbons (Fsp3) is 0.900. The minimum absolute atomic E-state index is 0.221. The molecule has 0 aliphatic carbocycles. The van der Waals surface area contributed by atoms with E-state index in [0.29, 0.717) is 6.54 Å². The van der Waals surface area contributed by atoms with Gasteiger partial charge in [-0.1, -0.05) is 0 Å². The van der Waals surface area contributed by atoms with Crippen molar-refractivity contribution >= 4 is 5.91 Å². The Morgan fingerprint density at radius 1 is 1.13 bits per heavy atom. The van der Waals surface area contributed by atoms with E-state index in [1.807, 2.05) is 4.90 Å². The Morgan fingerprint density at radius 2 is 1.80 bits per heavy atom. The quantitative estimate of drug-likeness (QED) is 0.683. The summed E-state index contributed by atoms with van der Waals surface area (Å²) in [5.41, 5.74) is 3.16. The Hall–Kier alpha value is -0.650. The van der Waals surface area contributed by atoms with Crippen LogP contribution in [0, 0.1) is 0 Å². The maximum Gasteiger partial charge on any atom is 0.237 e. The average Bonchev–Trinajstić information content (AvgIpc) is 2.81. The molecule has 0 bridgehead atoms. The van der Waals surface area contributed by atoms with Crippen LogP contribution in [-0.2, 0) is 9.53 Å². The van der Waals surface area contributed by atoms with Crippen molar-refractivity contribution in [2.24, 2.45) is 0 Å². The lowest BCUT2D eigenvalue weighted by Gasteiger charge is -2.27. The first-order valence-electron chi connectivity index (χ1n) is 5.70. The molecule has 5 nitrogen and oxygen atoms in total. The molecule has 0 aromatic rings. The van der Waals surface area contributed by atoms with Crippen LogP contribution in [0.2, 0.25) is 0 Å². The van der Waals surface area contributed by atoms with Gasteiger partial charge in [-0.15, -0.1) is 0 Å². The number of hydrazine groups is 1. The molecule has 1 N–H and O–H groups in total. The molecule has 1 amide bonds. The van der Waals surface area contributed by atoms with Gasteiger partial charge in [-0.2, -0.15) is 0 Å². The van der Waals surface area contributed by atoms with Crippen molar-refractivity contribution in [3.8, 4) is 0 Å². The third-order valence-electron chi connectivity index (χ3n) is 2.92. The van der Waals surface area contributed by atoms with Gasteiger partial charge in [0.1, 0.15) is 0 Å². The minimum atomic E-state index is 0.221. The van der Waals surface area contributed by atoms with Gasteiger partial charge in [-0.3, -0.25) is 4.79 Å². The summed E-state index contributed by atoms with van der Waals surface area (Å²) >= 11 is 0. The van der Waals surface area contributed by atoms with Crippen molar-refractivity contribution in [1.82, 2.24) is 15.3 Å². The number of carbonyl (C=O) groups excluding carboxylic acids is 1. The van der Waals surface area contributed by atoms with Crippen molar-refractivity contribution in [3.05, 3.63) is 0 Å². The van der Waals surface area contributed by atoms with Crippen LogP contribution in [-0.4, -0.2) is 61.8 Å². The molecule has 2 saturated heterocycles. The first kappa shape index (κ1) is 10.9. The Morgan fingerprint density at radius 3 is 2.47 bits per heavy atom. The van der Waals surface area contributed by atoms with Crippen LogP contribution >= 0.6 is 0 Å². The summed E-state index contributed by atoms with van der Waals surface area (Å²) in [6.07, 6.45) is 2.31. The smallest absolute Gasteiger partial charge is 0.237 e. The molecule has 2 aliphatic rings. The molecule has 0 radical (unpaired) electrons. The number of hydrogen-bond acceptors (Lipinski definition) is 4. The van der Waals surface area contributed by atoms with Crippen molar-refractivity contribution in [2.45, 2.75) is 12.8 Å². The van der Waals surface area contributed by atoms with Crippen molar-refractivity contribution in [3.63, 3.8) is 0 Å². The summed E-state index contributed by atoms with van der Waals surface area (Å²) in [6, 6.07) is 0. The minimum Gasteiger partial charge on any atom is -0.379 e. The van der Waals surface area contributed by atoms with Crippen LogP contribution in [0.1, 0.15) is 12.8 Å². The highest BCUT2D eigenvalue weighted by Gasteiger charge is 2.18. The average molecular weight is 213 g/mol. The Labute approximate surface area is 90.3 Å². The van der Waals surface area contributed by atoms with E-state index in [-0.39, 0.29) is 5.91 Å². The number of hydrogen-bond donors (Lipinski definition) is 1. The second kappa shape index (κ2) is 5.44. The fourth-order valence-corrected chi connectivity index (χ4v) is 1.98. The van der Waals surface area contributed by atoms with Crippen molar-refractivity contribution in [1.29, 1.82) is 0 Å². The Bertz CT molecular complexity index is 211. The molecule has 2 aliphatic heterocycles. The molecular formula is C10H19N3O2. The summed E-state index contributed by atoms with van der Waals surface area (Å²) in [7, 11) is 0. The van der Waals surface area contributed by atoms with Crippen LogP contribution in [0.4, 0.5) is 0 Å². The molecular weight excluding hydrogens is 194 g/mol. The molecule has 2 rings (SSSR count). The topological polar surface area (TPSA) is 44.8 Å². The number of nitrogens with zero attached hydrogens (tertiary/aromatic N) is 2. The number of ether oxygens (including phenoxy) is 1. The van der Waals surface area contributed by atoms with Crippen LogP contribution < -0.4 is 5.43 Å². The largest absolute Gasteiger partial charge is 0.379 e. The normalized spacial score (nSPS) is 23.3. The summed E-state index contributed by atoms with van der Waals surface area (Å²) in [6.45, 7) is 5.55. The maximum absolute atomic E-state index is 11.7. The van der Waals surface area contributed by atoms with Gasteiger partial charge in [0, 0.05) is 26.2 Å². The number of nitrogens with one attached hydrogen (secondary N) is 1. The monoisotopic (exact) mass is 213 g/mol. The van der Waals surface area contributed by atoms with Crippen LogP contribution in [0.15, 0.2) is 0 Å². The molecule has 2 fully saturated rings. The Kier molecular flexibility index (Phi) is 3.94. The highest BCUT2D eigenvalue weighted by molar-refractivity contribution is 5.78. The standard InChI is InChI=1S/C10H19N3O2/c14-10(12-3-1-2-4-12)9-11-13-5-7-15-8-6-13/h11H,1-9H2. The van der Waals surface area contributed by atoms with E-state index in [1.54, 1.807) is 0 Å². The zero-order chi connectivity index (χ0) is 10.5. The summed E-state index contributed by atoms with van der Waals surface area (Å²) < 4.78 is 5.23. The van der Waals surface area contributed by atoms with E-state index in [1.165, 1.54) is 0 Å². The molecule has 0 aromatic heterocycles. The molecule has 5 heteroatoms. The van der Waals surface area contributed by atoms with E-state index in [0.717, 1.165) is 52.2 Å². The second-order valence-corrected chi connectivity index (χ2v) is 4.02.